The maximum absolute atomic E-state index is 13.5. The molecule has 1 saturated carbocycles. The van der Waals surface area contributed by atoms with Crippen molar-refractivity contribution in [1.82, 2.24) is 15.2 Å². The summed E-state index contributed by atoms with van der Waals surface area (Å²) in [5.74, 6) is 1.56. The SMILES string of the molecule is O=C(NC(CN1CCCC1)C(O)c1ccc(OC2CC2)c(Cl)c1)C1CCN(c2cccc(Oc3ccc(F)cc3)n2)C1. The van der Waals surface area contributed by atoms with Crippen LogP contribution in [0.5, 0.6) is 17.4 Å². The van der Waals surface area contributed by atoms with Gasteiger partial charge in [-0.05, 0) is 93.2 Å². The zero-order valence-corrected chi connectivity index (χ0v) is 24.2. The first-order chi connectivity index (χ1) is 20.4. The fourth-order valence-electron chi connectivity index (χ4n) is 5.61. The van der Waals surface area contributed by atoms with Crippen LogP contribution < -0.4 is 19.7 Å². The summed E-state index contributed by atoms with van der Waals surface area (Å²) in [6.45, 7) is 3.64. The number of halogens is 2. The summed E-state index contributed by atoms with van der Waals surface area (Å²) in [5.41, 5.74) is 0.655. The third-order valence-corrected chi connectivity index (χ3v) is 8.40. The van der Waals surface area contributed by atoms with E-state index in [2.05, 4.69) is 20.1 Å². The summed E-state index contributed by atoms with van der Waals surface area (Å²) in [7, 11) is 0. The molecule has 222 valence electrons. The molecule has 2 aliphatic heterocycles. The van der Waals surface area contributed by atoms with Crippen molar-refractivity contribution in [3.05, 3.63) is 77.1 Å². The van der Waals surface area contributed by atoms with Crippen molar-refractivity contribution in [3.8, 4) is 17.4 Å². The predicted molar refractivity (Wildman–Crippen MR) is 159 cm³/mol. The first-order valence-electron chi connectivity index (χ1n) is 14.7. The molecule has 3 atom stereocenters. The van der Waals surface area contributed by atoms with Crippen molar-refractivity contribution in [2.45, 2.75) is 50.4 Å². The molecule has 2 aromatic carbocycles. The number of amides is 1. The Hall–Kier alpha value is -3.40. The number of hydrogen-bond donors (Lipinski definition) is 2. The van der Waals surface area contributed by atoms with E-state index in [9.17, 15) is 14.3 Å². The molecule has 3 unspecified atom stereocenters. The van der Waals surface area contributed by atoms with Gasteiger partial charge in [0.25, 0.3) is 0 Å². The highest BCUT2D eigenvalue weighted by molar-refractivity contribution is 6.32. The molecule has 2 saturated heterocycles. The number of benzene rings is 2. The summed E-state index contributed by atoms with van der Waals surface area (Å²) in [6, 6.07) is 16.2. The molecule has 3 fully saturated rings. The number of aliphatic hydroxyl groups is 1. The minimum atomic E-state index is -0.915. The van der Waals surface area contributed by atoms with Gasteiger partial charge in [-0.25, -0.2) is 4.39 Å². The molecular formula is C32H36ClFN4O4. The normalized spacial score (nSPS) is 20.4. The van der Waals surface area contributed by atoms with Crippen LogP contribution in [0.2, 0.25) is 5.02 Å². The van der Waals surface area contributed by atoms with Gasteiger partial charge >= 0.3 is 0 Å². The van der Waals surface area contributed by atoms with Gasteiger partial charge in [0, 0.05) is 25.7 Å². The Kier molecular flexibility index (Phi) is 8.79. The highest BCUT2D eigenvalue weighted by Gasteiger charge is 2.34. The van der Waals surface area contributed by atoms with Crippen LogP contribution >= 0.6 is 11.6 Å². The zero-order valence-electron chi connectivity index (χ0n) is 23.4. The number of hydrogen-bond acceptors (Lipinski definition) is 7. The number of carbonyl (C=O) groups excluding carboxylic acids is 1. The summed E-state index contributed by atoms with van der Waals surface area (Å²) in [6.07, 6.45) is 4.28. The van der Waals surface area contributed by atoms with E-state index in [0.29, 0.717) is 59.8 Å². The van der Waals surface area contributed by atoms with Crippen LogP contribution in [0, 0.1) is 11.7 Å². The Bertz CT molecular complexity index is 1380. The maximum atomic E-state index is 13.5. The van der Waals surface area contributed by atoms with E-state index < -0.39 is 12.1 Å². The fourth-order valence-corrected chi connectivity index (χ4v) is 5.84. The van der Waals surface area contributed by atoms with E-state index in [4.69, 9.17) is 21.1 Å². The van der Waals surface area contributed by atoms with Gasteiger partial charge in [0.2, 0.25) is 11.8 Å². The molecule has 2 N–H and O–H groups in total. The Morgan fingerprint density at radius 2 is 1.86 bits per heavy atom. The van der Waals surface area contributed by atoms with Gasteiger partial charge in [-0.1, -0.05) is 23.7 Å². The van der Waals surface area contributed by atoms with Crippen LogP contribution in [0.1, 0.15) is 43.8 Å². The summed E-state index contributed by atoms with van der Waals surface area (Å²) >= 11 is 6.50. The molecule has 3 heterocycles. The Morgan fingerprint density at radius 3 is 2.60 bits per heavy atom. The van der Waals surface area contributed by atoms with Gasteiger partial charge in [0.1, 0.15) is 29.2 Å². The highest BCUT2D eigenvalue weighted by atomic mass is 35.5. The highest BCUT2D eigenvalue weighted by Crippen LogP contribution is 2.34. The van der Waals surface area contributed by atoms with Gasteiger partial charge in [-0.3, -0.25) is 4.79 Å². The number of carbonyl (C=O) groups is 1. The number of pyridine rings is 1. The molecule has 8 nitrogen and oxygen atoms in total. The maximum Gasteiger partial charge on any atom is 0.225 e. The summed E-state index contributed by atoms with van der Waals surface area (Å²) < 4.78 is 24.9. The lowest BCUT2D eigenvalue weighted by Crippen LogP contribution is -2.48. The first-order valence-corrected chi connectivity index (χ1v) is 15.1. The minimum absolute atomic E-state index is 0.0840. The van der Waals surface area contributed by atoms with Crippen LogP contribution in [-0.2, 0) is 4.79 Å². The number of rotatable bonds is 11. The lowest BCUT2D eigenvalue weighted by atomic mass is 10.00. The van der Waals surface area contributed by atoms with E-state index in [0.717, 1.165) is 38.8 Å². The smallest absolute Gasteiger partial charge is 0.225 e. The number of anilines is 1. The molecule has 0 bridgehead atoms. The van der Waals surface area contributed by atoms with Gasteiger partial charge in [-0.15, -0.1) is 0 Å². The topological polar surface area (TPSA) is 87.2 Å². The summed E-state index contributed by atoms with van der Waals surface area (Å²) in [5, 5.41) is 15.1. The van der Waals surface area contributed by atoms with Crippen LogP contribution in [0.15, 0.2) is 60.7 Å². The molecule has 1 amide bonds. The van der Waals surface area contributed by atoms with Gasteiger partial charge in [0.15, 0.2) is 0 Å². The van der Waals surface area contributed by atoms with Crippen LogP contribution in [0.25, 0.3) is 0 Å². The van der Waals surface area contributed by atoms with Gasteiger partial charge in [-0.2, -0.15) is 4.98 Å². The van der Waals surface area contributed by atoms with Crippen LogP contribution in [0.4, 0.5) is 10.2 Å². The third-order valence-electron chi connectivity index (χ3n) is 8.11. The second-order valence-electron chi connectivity index (χ2n) is 11.4. The van der Waals surface area contributed by atoms with E-state index in [1.807, 2.05) is 24.3 Å². The lowest BCUT2D eigenvalue weighted by Gasteiger charge is -2.30. The largest absolute Gasteiger partial charge is 0.489 e. The number of nitrogens with zero attached hydrogens (tertiary/aromatic N) is 3. The Morgan fingerprint density at radius 1 is 1.07 bits per heavy atom. The number of nitrogens with one attached hydrogen (secondary N) is 1. The van der Waals surface area contributed by atoms with Crippen molar-refractivity contribution >= 4 is 23.3 Å². The fraction of sp³-hybridized carbons (Fsp3) is 0.438. The van der Waals surface area contributed by atoms with Crippen molar-refractivity contribution in [2.75, 3.05) is 37.6 Å². The second-order valence-corrected chi connectivity index (χ2v) is 11.8. The molecule has 6 rings (SSSR count). The molecule has 1 aliphatic carbocycles. The molecule has 1 aromatic heterocycles. The first kappa shape index (κ1) is 28.7. The van der Waals surface area contributed by atoms with Crippen LogP contribution in [0.3, 0.4) is 0 Å². The van der Waals surface area contributed by atoms with Crippen LogP contribution in [-0.4, -0.2) is 65.8 Å². The number of likely N-dealkylation sites (tertiary alicyclic amines) is 1. The van der Waals surface area contributed by atoms with Crippen molar-refractivity contribution < 1.29 is 23.8 Å². The average molecular weight is 595 g/mol. The molecule has 0 radical (unpaired) electrons. The standard InChI is InChI=1S/C32H36ClFN4O4/c33-26-18-21(6-13-28(26)41-24-11-12-24)31(39)27(20-37-15-1-2-16-37)35-32(40)22-14-17-38(19-22)29-4-3-5-30(36-29)42-25-9-7-23(34)8-10-25/h3-10,13,18,22,24,27,31,39H,1-2,11-12,14-17,19-20H2,(H,35,40). The van der Waals surface area contributed by atoms with E-state index in [1.54, 1.807) is 24.3 Å². The molecule has 42 heavy (non-hydrogen) atoms. The minimum Gasteiger partial charge on any atom is -0.489 e. The van der Waals surface area contributed by atoms with Crippen molar-refractivity contribution in [1.29, 1.82) is 0 Å². The van der Waals surface area contributed by atoms with Crippen molar-refractivity contribution in [2.24, 2.45) is 5.92 Å². The van der Waals surface area contributed by atoms with Gasteiger partial charge in [0.05, 0.1) is 23.1 Å². The van der Waals surface area contributed by atoms with E-state index >= 15 is 0 Å². The number of ether oxygens (including phenoxy) is 2. The average Bonchev–Trinajstić information content (AvgIpc) is 3.42. The molecule has 3 aliphatic rings. The Balaban J connectivity index is 1.10. The quantitative estimate of drug-likeness (QED) is 0.310. The molecule has 10 heteroatoms. The van der Waals surface area contributed by atoms with Gasteiger partial charge < -0.3 is 29.7 Å². The zero-order chi connectivity index (χ0) is 29.1. The second kappa shape index (κ2) is 12.9. The third kappa shape index (κ3) is 7.14. The molecular weight excluding hydrogens is 559 g/mol. The predicted octanol–water partition coefficient (Wildman–Crippen LogP) is 5.35. The number of aliphatic hydroxyl groups excluding tert-OH is 1. The number of aromatic nitrogens is 1. The van der Waals surface area contributed by atoms with E-state index in [1.165, 1.54) is 12.1 Å². The lowest BCUT2D eigenvalue weighted by molar-refractivity contribution is -0.126. The monoisotopic (exact) mass is 594 g/mol. The summed E-state index contributed by atoms with van der Waals surface area (Å²) in [4.78, 5) is 22.5. The van der Waals surface area contributed by atoms with E-state index in [-0.39, 0.29) is 23.7 Å². The van der Waals surface area contributed by atoms with Crippen molar-refractivity contribution in [3.63, 3.8) is 0 Å². The molecule has 3 aromatic rings. The Labute approximate surface area is 250 Å². The molecule has 0 spiro atoms.